The van der Waals surface area contributed by atoms with Crippen molar-refractivity contribution >= 4 is 11.4 Å². The molecule has 2 heterocycles. The molecule has 0 amide bonds. The van der Waals surface area contributed by atoms with Crippen molar-refractivity contribution in [3.8, 4) is 0 Å². The molecule has 1 saturated heterocycles. The Morgan fingerprint density at radius 3 is 2.39 bits per heavy atom. The molecule has 0 atom stereocenters. The van der Waals surface area contributed by atoms with Crippen LogP contribution in [0.25, 0.3) is 0 Å². The fraction of sp³-hybridized carbons (Fsp3) is 0.471. The molecule has 122 valence electrons. The normalized spacial score (nSPS) is 15.8. The number of piperidine rings is 1. The van der Waals surface area contributed by atoms with Crippen LogP contribution in [0.2, 0.25) is 0 Å². The van der Waals surface area contributed by atoms with E-state index in [0.717, 1.165) is 43.9 Å². The number of nitrogens with zero attached hydrogens (tertiary/aromatic N) is 4. The van der Waals surface area contributed by atoms with Crippen LogP contribution in [0.1, 0.15) is 24.2 Å². The lowest BCUT2D eigenvalue weighted by atomic mass is 9.96. The van der Waals surface area contributed by atoms with Gasteiger partial charge < -0.3 is 4.90 Å². The van der Waals surface area contributed by atoms with Gasteiger partial charge in [-0.3, -0.25) is 14.8 Å². The lowest BCUT2D eigenvalue weighted by molar-refractivity contribution is -0.384. The topological polar surface area (TPSA) is 64.2 Å². The molecule has 0 unspecified atom stereocenters. The van der Waals surface area contributed by atoms with Gasteiger partial charge >= 0.3 is 0 Å². The summed E-state index contributed by atoms with van der Waals surface area (Å²) in [6.07, 6.45) is 2.24. The summed E-state index contributed by atoms with van der Waals surface area (Å²) in [5.74, 6) is 0.641. The lowest BCUT2D eigenvalue weighted by Gasteiger charge is -2.33. The smallest absolute Gasteiger partial charge is 0.269 e. The predicted molar refractivity (Wildman–Crippen MR) is 89.7 cm³/mol. The van der Waals surface area contributed by atoms with Gasteiger partial charge in [-0.05, 0) is 50.8 Å². The number of non-ortho nitro benzene ring substituents is 1. The summed E-state index contributed by atoms with van der Waals surface area (Å²) in [7, 11) is 0. The van der Waals surface area contributed by atoms with Crippen LogP contribution >= 0.6 is 0 Å². The van der Waals surface area contributed by atoms with Crippen molar-refractivity contribution in [1.82, 2.24) is 9.78 Å². The Kier molecular flexibility index (Phi) is 4.32. The van der Waals surface area contributed by atoms with Crippen LogP contribution in [0.3, 0.4) is 0 Å². The molecule has 6 nitrogen and oxygen atoms in total. The third-order valence-corrected chi connectivity index (χ3v) is 4.57. The Labute approximate surface area is 135 Å². The van der Waals surface area contributed by atoms with E-state index in [2.05, 4.69) is 27.7 Å². The lowest BCUT2D eigenvalue weighted by Crippen LogP contribution is -2.35. The Morgan fingerprint density at radius 1 is 1.22 bits per heavy atom. The molecular weight excluding hydrogens is 292 g/mol. The molecule has 0 bridgehead atoms. The molecule has 0 aliphatic carbocycles. The molecule has 0 N–H and O–H groups in total. The largest absolute Gasteiger partial charge is 0.372 e. The number of nitro groups is 1. The third kappa shape index (κ3) is 3.52. The molecule has 0 radical (unpaired) electrons. The van der Waals surface area contributed by atoms with Crippen molar-refractivity contribution in [3.05, 3.63) is 51.8 Å². The van der Waals surface area contributed by atoms with E-state index >= 15 is 0 Å². The maximum Gasteiger partial charge on any atom is 0.269 e. The average Bonchev–Trinajstić information content (AvgIpc) is 2.86. The molecule has 0 saturated carbocycles. The minimum Gasteiger partial charge on any atom is -0.372 e. The van der Waals surface area contributed by atoms with E-state index < -0.39 is 0 Å². The minimum absolute atomic E-state index is 0.146. The standard InChI is InChI=1S/C17H22N4O2/c1-13-11-14(2)20(18-13)12-15-7-9-19(10-8-15)16-3-5-17(6-4-16)21(22)23/h3-6,11,15H,7-10,12H2,1-2H3. The summed E-state index contributed by atoms with van der Waals surface area (Å²) in [5, 5.41) is 15.3. The fourth-order valence-corrected chi connectivity index (χ4v) is 3.26. The van der Waals surface area contributed by atoms with Crippen LogP contribution < -0.4 is 4.90 Å². The van der Waals surface area contributed by atoms with Gasteiger partial charge in [0.05, 0.1) is 10.6 Å². The minimum atomic E-state index is -0.357. The van der Waals surface area contributed by atoms with Crippen LogP contribution in [-0.4, -0.2) is 27.8 Å². The van der Waals surface area contributed by atoms with Gasteiger partial charge in [0, 0.05) is 43.1 Å². The van der Waals surface area contributed by atoms with Gasteiger partial charge in [-0.2, -0.15) is 5.10 Å². The second-order valence-corrected chi connectivity index (χ2v) is 6.31. The molecule has 1 aromatic heterocycles. The Hall–Kier alpha value is -2.37. The molecule has 2 aromatic rings. The van der Waals surface area contributed by atoms with Gasteiger partial charge in [0.25, 0.3) is 5.69 Å². The van der Waals surface area contributed by atoms with Crippen LogP contribution in [0.15, 0.2) is 30.3 Å². The fourth-order valence-electron chi connectivity index (χ4n) is 3.26. The highest BCUT2D eigenvalue weighted by Gasteiger charge is 2.21. The van der Waals surface area contributed by atoms with E-state index in [1.807, 2.05) is 19.1 Å². The predicted octanol–water partition coefficient (Wildman–Crippen LogP) is 3.32. The van der Waals surface area contributed by atoms with Gasteiger partial charge in [-0.15, -0.1) is 0 Å². The summed E-state index contributed by atoms with van der Waals surface area (Å²) < 4.78 is 2.11. The molecular formula is C17H22N4O2. The van der Waals surface area contributed by atoms with Crippen LogP contribution in [-0.2, 0) is 6.54 Å². The number of nitro benzene ring substituents is 1. The molecule has 6 heteroatoms. The maximum atomic E-state index is 10.7. The Morgan fingerprint density at radius 2 is 1.87 bits per heavy atom. The van der Waals surface area contributed by atoms with Crippen LogP contribution in [0.4, 0.5) is 11.4 Å². The van der Waals surface area contributed by atoms with Gasteiger partial charge in [-0.25, -0.2) is 0 Å². The van der Waals surface area contributed by atoms with Gasteiger partial charge in [0.2, 0.25) is 0 Å². The van der Waals surface area contributed by atoms with E-state index in [1.54, 1.807) is 12.1 Å². The number of hydrogen-bond acceptors (Lipinski definition) is 4. The van der Waals surface area contributed by atoms with Crippen molar-refractivity contribution in [3.63, 3.8) is 0 Å². The molecule has 1 aliphatic heterocycles. The quantitative estimate of drug-likeness (QED) is 0.641. The molecule has 3 rings (SSSR count). The highest BCUT2D eigenvalue weighted by atomic mass is 16.6. The number of aromatic nitrogens is 2. The van der Waals surface area contributed by atoms with Crippen LogP contribution in [0, 0.1) is 29.9 Å². The zero-order valence-corrected chi connectivity index (χ0v) is 13.6. The van der Waals surface area contributed by atoms with E-state index in [-0.39, 0.29) is 10.6 Å². The van der Waals surface area contributed by atoms with E-state index in [9.17, 15) is 10.1 Å². The first-order valence-corrected chi connectivity index (χ1v) is 8.03. The Bertz CT molecular complexity index is 685. The summed E-state index contributed by atoms with van der Waals surface area (Å²) in [6, 6.07) is 8.97. The van der Waals surface area contributed by atoms with Crippen LogP contribution in [0.5, 0.6) is 0 Å². The summed E-state index contributed by atoms with van der Waals surface area (Å²) in [4.78, 5) is 12.7. The molecule has 1 aromatic carbocycles. The zero-order chi connectivity index (χ0) is 16.4. The second-order valence-electron chi connectivity index (χ2n) is 6.31. The zero-order valence-electron chi connectivity index (χ0n) is 13.6. The number of benzene rings is 1. The summed E-state index contributed by atoms with van der Waals surface area (Å²) in [6.45, 7) is 7.09. The van der Waals surface area contributed by atoms with Crippen molar-refractivity contribution in [2.75, 3.05) is 18.0 Å². The van der Waals surface area contributed by atoms with Crippen molar-refractivity contribution in [1.29, 1.82) is 0 Å². The van der Waals surface area contributed by atoms with Crippen molar-refractivity contribution in [2.45, 2.75) is 33.2 Å². The summed E-state index contributed by atoms with van der Waals surface area (Å²) >= 11 is 0. The second kappa shape index (κ2) is 6.40. The van der Waals surface area contributed by atoms with E-state index in [0.29, 0.717) is 5.92 Å². The average molecular weight is 314 g/mol. The highest BCUT2D eigenvalue weighted by Crippen LogP contribution is 2.26. The van der Waals surface area contributed by atoms with E-state index in [4.69, 9.17) is 0 Å². The molecule has 0 spiro atoms. The van der Waals surface area contributed by atoms with E-state index in [1.165, 1.54) is 5.69 Å². The maximum absolute atomic E-state index is 10.7. The Balaban J connectivity index is 1.57. The summed E-state index contributed by atoms with van der Waals surface area (Å²) in [5.41, 5.74) is 3.51. The van der Waals surface area contributed by atoms with Gasteiger partial charge in [-0.1, -0.05) is 0 Å². The number of rotatable bonds is 4. The monoisotopic (exact) mass is 314 g/mol. The first kappa shape index (κ1) is 15.5. The third-order valence-electron chi connectivity index (χ3n) is 4.57. The molecule has 23 heavy (non-hydrogen) atoms. The molecule has 1 fully saturated rings. The highest BCUT2D eigenvalue weighted by molar-refractivity contribution is 5.51. The van der Waals surface area contributed by atoms with Gasteiger partial charge in [0.15, 0.2) is 0 Å². The van der Waals surface area contributed by atoms with Crippen molar-refractivity contribution < 1.29 is 4.92 Å². The number of hydrogen-bond donors (Lipinski definition) is 0. The first-order valence-electron chi connectivity index (χ1n) is 8.03. The first-order chi connectivity index (χ1) is 11.0. The number of aryl methyl sites for hydroxylation is 2. The SMILES string of the molecule is Cc1cc(C)n(CC2CCN(c3ccc([N+](=O)[O-])cc3)CC2)n1. The molecule has 1 aliphatic rings. The van der Waals surface area contributed by atoms with Gasteiger partial charge in [0.1, 0.15) is 0 Å². The van der Waals surface area contributed by atoms with Crippen molar-refractivity contribution in [2.24, 2.45) is 5.92 Å². The number of anilines is 1.